The highest BCUT2D eigenvalue weighted by atomic mass is 35.5. The van der Waals surface area contributed by atoms with Gasteiger partial charge < -0.3 is 10.5 Å². The molecule has 3 N–H and O–H groups in total. The molecule has 0 fully saturated rings. The minimum absolute atomic E-state index is 0.147. The lowest BCUT2D eigenvalue weighted by Crippen LogP contribution is -2.47. The minimum Gasteiger partial charge on any atom is -0.572 e. The Morgan fingerprint density at radius 1 is 1.17 bits per heavy atom. The smallest absolute Gasteiger partial charge is 0.132 e. The fourth-order valence-electron chi connectivity index (χ4n) is 1.34. The molecule has 0 bridgehead atoms. The lowest BCUT2D eigenvalue weighted by Gasteiger charge is -2.20. The predicted molar refractivity (Wildman–Crippen MR) is 72.6 cm³/mol. The third-order valence-corrected chi connectivity index (χ3v) is 5.26. The quantitative estimate of drug-likeness (QED) is 0.942. The molecule has 0 aliphatic heterocycles. The average molecular weight is 303 g/mol. The Morgan fingerprint density at radius 3 is 2.33 bits per heavy atom. The zero-order valence-electron chi connectivity index (χ0n) is 9.34. The molecule has 7 heteroatoms. The van der Waals surface area contributed by atoms with E-state index in [-0.39, 0.29) is 4.21 Å². The fourth-order valence-corrected chi connectivity index (χ4v) is 3.79. The molecule has 0 radical (unpaired) electrons. The molecule has 0 aliphatic rings. The van der Waals surface area contributed by atoms with E-state index in [1.807, 2.05) is 12.1 Å². The van der Waals surface area contributed by atoms with Gasteiger partial charge in [0, 0.05) is 5.56 Å². The Balaban J connectivity index is 2.22. The van der Waals surface area contributed by atoms with Crippen LogP contribution in [0.3, 0.4) is 0 Å². The molecule has 0 spiro atoms. The topological polar surface area (TPSA) is 75.9 Å². The first-order valence-corrected chi connectivity index (χ1v) is 7.76. The first-order valence-electron chi connectivity index (χ1n) is 5.13. The Labute approximate surface area is 114 Å². The summed E-state index contributed by atoms with van der Waals surface area (Å²) < 4.78 is 28.2. The second-order valence-electron chi connectivity index (χ2n) is 3.54. The van der Waals surface area contributed by atoms with Gasteiger partial charge in [-0.1, -0.05) is 35.9 Å². The Morgan fingerprint density at radius 2 is 1.83 bits per heavy atom. The summed E-state index contributed by atoms with van der Waals surface area (Å²) in [7, 11) is -3.67. The van der Waals surface area contributed by atoms with E-state index in [0.29, 0.717) is 16.6 Å². The number of rotatable bonds is 4. The summed E-state index contributed by atoms with van der Waals surface area (Å²) in [6, 6.07) is 9.93. The van der Waals surface area contributed by atoms with Gasteiger partial charge in [-0.2, -0.15) is 0 Å². The van der Waals surface area contributed by atoms with Crippen LogP contribution >= 0.6 is 22.9 Å². The van der Waals surface area contributed by atoms with Gasteiger partial charge in [-0.3, -0.25) is 0 Å². The van der Waals surface area contributed by atoms with Crippen LogP contribution in [0.5, 0.6) is 0 Å². The largest absolute Gasteiger partial charge is 0.572 e. The summed E-state index contributed by atoms with van der Waals surface area (Å²) in [5, 5.41) is 0. The van der Waals surface area contributed by atoms with Crippen LogP contribution in [-0.4, -0.2) is 8.42 Å². The minimum atomic E-state index is -3.67. The van der Waals surface area contributed by atoms with Gasteiger partial charge in [0.25, 0.3) is 0 Å². The van der Waals surface area contributed by atoms with Gasteiger partial charge in [0.1, 0.15) is 14.2 Å². The number of sulfonamides is 1. The normalized spacial score (nSPS) is 11.4. The maximum Gasteiger partial charge on any atom is 0.132 e. The molecule has 2 rings (SSSR count). The van der Waals surface area contributed by atoms with Gasteiger partial charge >= 0.3 is 0 Å². The molecule has 2 aromatic rings. The fraction of sp³-hybridized carbons (Fsp3) is 0.0909. The molecular weight excluding hydrogens is 292 g/mol. The molecule has 96 valence electrons. The lowest BCUT2D eigenvalue weighted by molar-refractivity contribution is -0.386. The Kier molecular flexibility index (Phi) is 3.91. The molecule has 1 aromatic carbocycles. The summed E-state index contributed by atoms with van der Waals surface area (Å²) in [6.45, 7) is 0.660. The van der Waals surface area contributed by atoms with Gasteiger partial charge in [0.2, 0.25) is 0 Å². The zero-order chi connectivity index (χ0) is 13.2. The van der Waals surface area contributed by atoms with Gasteiger partial charge in [0.15, 0.2) is 0 Å². The van der Waals surface area contributed by atoms with Crippen LogP contribution in [0, 0.1) is 0 Å². The van der Waals surface area contributed by atoms with Gasteiger partial charge in [0.05, 0.1) is 10.9 Å². The van der Waals surface area contributed by atoms with E-state index >= 15 is 0 Å². The third-order valence-electron chi connectivity index (χ3n) is 2.25. The van der Waals surface area contributed by atoms with Gasteiger partial charge in [-0.25, -0.2) is 8.42 Å². The number of hydrogen-bond acceptors (Lipinski definition) is 3. The van der Waals surface area contributed by atoms with Crippen LogP contribution in [0.4, 0.5) is 5.69 Å². The molecular formula is C11H11ClN2O2S2. The van der Waals surface area contributed by atoms with E-state index in [1.54, 1.807) is 18.2 Å². The molecule has 0 aliphatic carbocycles. The standard InChI is InChI=1S/C11H10ClN2O2S2/c12-10-5-6-11(17-10)18(15,16)14-9-3-1-8(7-13)2-4-9/h1-6H,7,13H2/q-1/p+1. The number of halogens is 1. The lowest BCUT2D eigenvalue weighted by atomic mass is 10.2. The second kappa shape index (κ2) is 5.27. The van der Waals surface area contributed by atoms with Gasteiger partial charge in [-0.15, -0.1) is 17.0 Å². The number of thiophene rings is 1. The van der Waals surface area contributed by atoms with Crippen molar-refractivity contribution in [2.24, 2.45) is 0 Å². The van der Waals surface area contributed by atoms with E-state index < -0.39 is 10.0 Å². The molecule has 1 heterocycles. The molecule has 0 atom stereocenters. The molecule has 0 saturated heterocycles. The van der Waals surface area contributed by atoms with Crippen molar-refractivity contribution in [2.75, 3.05) is 0 Å². The summed E-state index contributed by atoms with van der Waals surface area (Å²) >= 11 is 6.71. The van der Waals surface area contributed by atoms with Crippen molar-refractivity contribution in [1.29, 1.82) is 0 Å². The van der Waals surface area contributed by atoms with Crippen molar-refractivity contribution < 1.29 is 14.2 Å². The van der Waals surface area contributed by atoms with Crippen molar-refractivity contribution in [3.8, 4) is 0 Å². The highest BCUT2D eigenvalue weighted by molar-refractivity contribution is 7.96. The van der Waals surface area contributed by atoms with Crippen molar-refractivity contribution in [3.05, 3.63) is 51.0 Å². The first-order chi connectivity index (χ1) is 8.51. The number of quaternary nitrogens is 1. The zero-order valence-corrected chi connectivity index (χ0v) is 11.7. The predicted octanol–water partition coefficient (Wildman–Crippen LogP) is 2.54. The molecule has 4 nitrogen and oxygen atoms in total. The van der Waals surface area contributed by atoms with Crippen molar-refractivity contribution in [3.63, 3.8) is 0 Å². The summed E-state index contributed by atoms with van der Waals surface area (Å²) in [4.78, 5) is 0. The van der Waals surface area contributed by atoms with E-state index in [2.05, 4.69) is 10.5 Å². The van der Waals surface area contributed by atoms with Crippen LogP contribution in [0.15, 0.2) is 40.6 Å². The third kappa shape index (κ3) is 3.02. The Hall–Kier alpha value is -1.08. The first kappa shape index (κ1) is 13.4. The van der Waals surface area contributed by atoms with Crippen LogP contribution in [0.2, 0.25) is 4.34 Å². The molecule has 1 aromatic heterocycles. The van der Waals surface area contributed by atoms with Crippen LogP contribution < -0.4 is 5.73 Å². The highest BCUT2D eigenvalue weighted by Crippen LogP contribution is 2.33. The maximum absolute atomic E-state index is 11.9. The van der Waals surface area contributed by atoms with Crippen molar-refractivity contribution in [1.82, 2.24) is 0 Å². The van der Waals surface area contributed by atoms with Crippen LogP contribution in [0.1, 0.15) is 5.56 Å². The summed E-state index contributed by atoms with van der Waals surface area (Å²) in [5.41, 5.74) is 5.18. The monoisotopic (exact) mass is 302 g/mol. The maximum atomic E-state index is 11.9. The second-order valence-corrected chi connectivity index (χ2v) is 7.09. The SMILES string of the molecule is [NH3+]Cc1ccc([N-]S(=O)(=O)c2ccc(Cl)s2)cc1. The van der Waals surface area contributed by atoms with E-state index in [9.17, 15) is 8.42 Å². The van der Waals surface area contributed by atoms with Gasteiger partial charge in [-0.05, 0) is 12.1 Å². The number of hydrogen-bond donors (Lipinski definition) is 1. The molecule has 0 saturated carbocycles. The highest BCUT2D eigenvalue weighted by Gasteiger charge is 2.07. The average Bonchev–Trinajstić information content (AvgIpc) is 2.77. The molecule has 0 amide bonds. The van der Waals surface area contributed by atoms with Crippen LogP contribution in [0.25, 0.3) is 4.72 Å². The van der Waals surface area contributed by atoms with E-state index in [1.165, 1.54) is 6.07 Å². The Bertz CT molecular complexity index is 635. The number of benzene rings is 1. The van der Waals surface area contributed by atoms with Crippen LogP contribution in [-0.2, 0) is 16.6 Å². The number of nitrogens with zero attached hydrogens (tertiary/aromatic N) is 1. The van der Waals surface area contributed by atoms with E-state index in [4.69, 9.17) is 11.6 Å². The van der Waals surface area contributed by atoms with Crippen molar-refractivity contribution >= 4 is 38.6 Å². The van der Waals surface area contributed by atoms with Crippen molar-refractivity contribution in [2.45, 2.75) is 10.8 Å². The summed E-state index contributed by atoms with van der Waals surface area (Å²) in [5.74, 6) is 0. The molecule has 0 unspecified atom stereocenters. The van der Waals surface area contributed by atoms with E-state index in [0.717, 1.165) is 16.9 Å². The molecule has 18 heavy (non-hydrogen) atoms. The summed E-state index contributed by atoms with van der Waals surface area (Å²) in [6.07, 6.45) is 0.